The predicted molar refractivity (Wildman–Crippen MR) is 100.0 cm³/mol. The minimum Gasteiger partial charge on any atom is -0.495 e. The van der Waals surface area contributed by atoms with E-state index in [0.29, 0.717) is 16.3 Å². The van der Waals surface area contributed by atoms with E-state index in [9.17, 15) is 4.79 Å². The number of benzene rings is 1. The molecule has 2 N–H and O–H groups in total. The highest BCUT2D eigenvalue weighted by molar-refractivity contribution is 6.31. The van der Waals surface area contributed by atoms with Gasteiger partial charge < -0.3 is 15.4 Å². The smallest absolute Gasteiger partial charge is 0.253 e. The molecule has 1 heterocycles. The first-order chi connectivity index (χ1) is 12.1. The average Bonchev–Trinajstić information content (AvgIpc) is 3.11. The SMILES string of the molecule is COc1cc(Cl)c(C)cc1Nc1cncc(C(=O)NC2CCCC2)c1. The maximum atomic E-state index is 12.4. The third-order valence-electron chi connectivity index (χ3n) is 4.45. The quantitative estimate of drug-likeness (QED) is 0.826. The number of hydrogen-bond donors (Lipinski definition) is 2. The van der Waals surface area contributed by atoms with Crippen LogP contribution >= 0.6 is 11.6 Å². The molecular formula is C19H22ClN3O2. The molecule has 6 heteroatoms. The van der Waals surface area contributed by atoms with Gasteiger partial charge in [0.05, 0.1) is 30.2 Å². The third kappa shape index (κ3) is 4.23. The van der Waals surface area contributed by atoms with E-state index in [1.165, 1.54) is 12.8 Å². The van der Waals surface area contributed by atoms with Crippen LogP contribution in [0.5, 0.6) is 5.75 Å². The predicted octanol–water partition coefficient (Wildman–Crippen LogP) is 4.47. The van der Waals surface area contributed by atoms with Crippen molar-refractivity contribution in [3.05, 3.63) is 46.7 Å². The normalized spacial score (nSPS) is 14.4. The Labute approximate surface area is 152 Å². The molecule has 1 aliphatic carbocycles. The van der Waals surface area contributed by atoms with Crippen LogP contribution in [0.1, 0.15) is 41.6 Å². The second-order valence-corrected chi connectivity index (χ2v) is 6.75. The molecule has 2 aromatic rings. The first-order valence-corrected chi connectivity index (χ1v) is 8.81. The van der Waals surface area contributed by atoms with Gasteiger partial charge in [-0.05, 0) is 37.5 Å². The number of nitrogens with one attached hydrogen (secondary N) is 2. The Morgan fingerprint density at radius 1 is 1.24 bits per heavy atom. The number of hydrogen-bond acceptors (Lipinski definition) is 4. The second-order valence-electron chi connectivity index (χ2n) is 6.34. The number of halogens is 1. The van der Waals surface area contributed by atoms with Crippen molar-refractivity contribution in [2.75, 3.05) is 12.4 Å². The van der Waals surface area contributed by atoms with Crippen LogP contribution in [0, 0.1) is 6.92 Å². The van der Waals surface area contributed by atoms with Crippen LogP contribution in [-0.2, 0) is 0 Å². The number of carbonyl (C=O) groups is 1. The van der Waals surface area contributed by atoms with E-state index in [4.69, 9.17) is 16.3 Å². The number of anilines is 2. The highest BCUT2D eigenvalue weighted by Crippen LogP contribution is 2.33. The molecule has 0 unspecified atom stereocenters. The summed E-state index contributed by atoms with van der Waals surface area (Å²) in [4.78, 5) is 16.6. The summed E-state index contributed by atoms with van der Waals surface area (Å²) in [5, 5.41) is 6.97. The largest absolute Gasteiger partial charge is 0.495 e. The van der Waals surface area contributed by atoms with Crippen molar-refractivity contribution in [3.63, 3.8) is 0 Å². The first kappa shape index (κ1) is 17.5. The molecule has 5 nitrogen and oxygen atoms in total. The Balaban J connectivity index is 1.77. The highest BCUT2D eigenvalue weighted by Gasteiger charge is 2.18. The molecule has 1 amide bonds. The topological polar surface area (TPSA) is 63.2 Å². The maximum Gasteiger partial charge on any atom is 0.253 e. The van der Waals surface area contributed by atoms with Crippen LogP contribution < -0.4 is 15.4 Å². The van der Waals surface area contributed by atoms with Gasteiger partial charge in [-0.25, -0.2) is 0 Å². The Bertz CT molecular complexity index is 773. The molecule has 0 aliphatic heterocycles. The lowest BCUT2D eigenvalue weighted by atomic mass is 10.2. The van der Waals surface area contributed by atoms with Crippen LogP contribution in [0.3, 0.4) is 0 Å². The summed E-state index contributed by atoms with van der Waals surface area (Å²) < 4.78 is 5.37. The zero-order valence-electron chi connectivity index (χ0n) is 14.4. The number of ether oxygens (including phenoxy) is 1. The van der Waals surface area contributed by atoms with Crippen LogP contribution in [0.2, 0.25) is 5.02 Å². The van der Waals surface area contributed by atoms with E-state index < -0.39 is 0 Å². The number of aromatic nitrogens is 1. The van der Waals surface area contributed by atoms with Crippen LogP contribution in [0.25, 0.3) is 0 Å². The fourth-order valence-corrected chi connectivity index (χ4v) is 3.21. The number of carbonyl (C=O) groups excluding carboxylic acids is 1. The van der Waals surface area contributed by atoms with Gasteiger partial charge in [0.1, 0.15) is 5.75 Å². The van der Waals surface area contributed by atoms with Gasteiger partial charge in [0.2, 0.25) is 0 Å². The van der Waals surface area contributed by atoms with Crippen molar-refractivity contribution in [2.24, 2.45) is 0 Å². The number of methoxy groups -OCH3 is 1. The molecule has 1 aromatic carbocycles. The van der Waals surface area contributed by atoms with Crippen LogP contribution in [0.15, 0.2) is 30.6 Å². The molecule has 0 bridgehead atoms. The Morgan fingerprint density at radius 2 is 2.00 bits per heavy atom. The fourth-order valence-electron chi connectivity index (χ4n) is 3.06. The minimum absolute atomic E-state index is 0.0812. The molecule has 1 saturated carbocycles. The number of pyridine rings is 1. The summed E-state index contributed by atoms with van der Waals surface area (Å²) in [6.45, 7) is 1.93. The monoisotopic (exact) mass is 359 g/mol. The average molecular weight is 360 g/mol. The molecule has 0 atom stereocenters. The summed E-state index contributed by atoms with van der Waals surface area (Å²) in [7, 11) is 1.59. The van der Waals surface area contributed by atoms with Gasteiger partial charge in [0, 0.05) is 23.3 Å². The lowest BCUT2D eigenvalue weighted by molar-refractivity contribution is 0.0937. The molecule has 1 fully saturated rings. The van der Waals surface area contributed by atoms with E-state index in [1.54, 1.807) is 31.6 Å². The van der Waals surface area contributed by atoms with E-state index in [2.05, 4.69) is 15.6 Å². The van der Waals surface area contributed by atoms with Crippen molar-refractivity contribution in [3.8, 4) is 5.75 Å². The van der Waals surface area contributed by atoms with E-state index in [0.717, 1.165) is 29.8 Å². The van der Waals surface area contributed by atoms with E-state index >= 15 is 0 Å². The summed E-state index contributed by atoms with van der Waals surface area (Å²) in [5.41, 5.74) is 2.98. The lowest BCUT2D eigenvalue weighted by Gasteiger charge is -2.14. The van der Waals surface area contributed by atoms with Crippen molar-refractivity contribution >= 4 is 28.9 Å². The molecular weight excluding hydrogens is 338 g/mol. The molecule has 0 radical (unpaired) electrons. The first-order valence-electron chi connectivity index (χ1n) is 8.44. The summed E-state index contributed by atoms with van der Waals surface area (Å²) in [5.74, 6) is 0.554. The van der Waals surface area contributed by atoms with E-state index in [1.807, 2.05) is 13.0 Å². The second kappa shape index (κ2) is 7.74. The van der Waals surface area contributed by atoms with Gasteiger partial charge >= 0.3 is 0 Å². The third-order valence-corrected chi connectivity index (χ3v) is 4.86. The van der Waals surface area contributed by atoms with Gasteiger partial charge in [0.15, 0.2) is 0 Å². The number of amides is 1. The van der Waals surface area contributed by atoms with Gasteiger partial charge in [-0.2, -0.15) is 0 Å². The van der Waals surface area contributed by atoms with Crippen molar-refractivity contribution < 1.29 is 9.53 Å². The Hall–Kier alpha value is -2.27. The minimum atomic E-state index is -0.0812. The fraction of sp³-hybridized carbons (Fsp3) is 0.368. The number of rotatable bonds is 5. The molecule has 132 valence electrons. The zero-order valence-corrected chi connectivity index (χ0v) is 15.2. The maximum absolute atomic E-state index is 12.4. The highest BCUT2D eigenvalue weighted by atomic mass is 35.5. The van der Waals surface area contributed by atoms with Gasteiger partial charge in [-0.3, -0.25) is 9.78 Å². The van der Waals surface area contributed by atoms with Gasteiger partial charge in [-0.15, -0.1) is 0 Å². The van der Waals surface area contributed by atoms with Crippen LogP contribution in [0.4, 0.5) is 11.4 Å². The van der Waals surface area contributed by atoms with Gasteiger partial charge in [-0.1, -0.05) is 24.4 Å². The van der Waals surface area contributed by atoms with Crippen LogP contribution in [-0.4, -0.2) is 24.0 Å². The molecule has 1 aromatic heterocycles. The summed E-state index contributed by atoms with van der Waals surface area (Å²) in [6, 6.07) is 5.75. The Morgan fingerprint density at radius 3 is 2.72 bits per heavy atom. The molecule has 25 heavy (non-hydrogen) atoms. The number of aryl methyl sites for hydroxylation is 1. The van der Waals surface area contributed by atoms with E-state index in [-0.39, 0.29) is 11.9 Å². The summed E-state index contributed by atoms with van der Waals surface area (Å²) in [6.07, 6.45) is 7.73. The summed E-state index contributed by atoms with van der Waals surface area (Å²) >= 11 is 6.14. The molecule has 1 aliphatic rings. The lowest BCUT2D eigenvalue weighted by Crippen LogP contribution is -2.32. The van der Waals surface area contributed by atoms with Crippen molar-refractivity contribution in [1.29, 1.82) is 0 Å². The van der Waals surface area contributed by atoms with Crippen molar-refractivity contribution in [2.45, 2.75) is 38.6 Å². The zero-order chi connectivity index (χ0) is 17.8. The van der Waals surface area contributed by atoms with Crippen molar-refractivity contribution in [1.82, 2.24) is 10.3 Å². The molecule has 0 spiro atoms. The Kier molecular flexibility index (Phi) is 5.43. The van der Waals surface area contributed by atoms with Gasteiger partial charge in [0.25, 0.3) is 5.91 Å². The number of nitrogens with zero attached hydrogens (tertiary/aromatic N) is 1. The molecule has 0 saturated heterocycles. The standard InChI is InChI=1S/C19H22ClN3O2/c1-12-7-17(18(25-2)9-16(12)20)22-15-8-13(10-21-11-15)19(24)23-14-5-3-4-6-14/h7-11,14,22H,3-6H2,1-2H3,(H,23,24). The molecule has 3 rings (SSSR count).